The molecular weight excluding hydrogens is 250 g/mol. The van der Waals surface area contributed by atoms with Crippen LogP contribution in [0.2, 0.25) is 0 Å². The highest BCUT2D eigenvalue weighted by molar-refractivity contribution is 5.99. The Hall–Kier alpha value is -2.33. The zero-order chi connectivity index (χ0) is 14.4. The van der Waals surface area contributed by atoms with E-state index in [1.54, 1.807) is 0 Å². The van der Waals surface area contributed by atoms with Gasteiger partial charge in [0.05, 0.1) is 0 Å². The summed E-state index contributed by atoms with van der Waals surface area (Å²) in [4.78, 5) is 11.8. The van der Waals surface area contributed by atoms with Gasteiger partial charge in [0.15, 0.2) is 0 Å². The lowest BCUT2D eigenvalue weighted by Gasteiger charge is -2.08. The summed E-state index contributed by atoms with van der Waals surface area (Å²) in [6.07, 6.45) is 0. The Morgan fingerprint density at radius 2 is 1.40 bits per heavy atom. The van der Waals surface area contributed by atoms with Crippen LogP contribution < -0.4 is 16.0 Å². The van der Waals surface area contributed by atoms with E-state index in [0.717, 1.165) is 23.5 Å². The third kappa shape index (κ3) is 4.10. The fraction of sp³-hybridized carbons (Fsp3) is 0.188. The first-order valence-electron chi connectivity index (χ1n) is 6.55. The summed E-state index contributed by atoms with van der Waals surface area (Å²) in [5, 5.41) is 8.68. The summed E-state index contributed by atoms with van der Waals surface area (Å²) < 4.78 is 0. The van der Waals surface area contributed by atoms with Crippen LogP contribution in [-0.2, 0) is 6.54 Å². The lowest BCUT2D eigenvalue weighted by molar-refractivity contribution is 0.262. The zero-order valence-electron chi connectivity index (χ0n) is 11.7. The van der Waals surface area contributed by atoms with E-state index in [4.69, 9.17) is 0 Å². The molecule has 0 aliphatic heterocycles. The molecule has 0 fully saturated rings. The van der Waals surface area contributed by atoms with Crippen molar-refractivity contribution in [1.29, 1.82) is 0 Å². The van der Waals surface area contributed by atoms with Gasteiger partial charge in [0.25, 0.3) is 0 Å². The minimum Gasteiger partial charge on any atom is -0.316 e. The van der Waals surface area contributed by atoms with Gasteiger partial charge in [0.1, 0.15) is 0 Å². The van der Waals surface area contributed by atoms with E-state index in [-0.39, 0.29) is 6.03 Å². The molecule has 2 amide bonds. The summed E-state index contributed by atoms with van der Waals surface area (Å²) >= 11 is 0. The fourth-order valence-corrected chi connectivity index (χ4v) is 1.84. The van der Waals surface area contributed by atoms with E-state index in [9.17, 15) is 4.79 Å². The van der Waals surface area contributed by atoms with Crippen molar-refractivity contribution in [3.63, 3.8) is 0 Å². The second kappa shape index (κ2) is 6.73. The minimum absolute atomic E-state index is 0.241. The molecule has 0 aliphatic carbocycles. The first-order chi connectivity index (χ1) is 9.67. The Bertz CT molecular complexity index is 561. The van der Waals surface area contributed by atoms with Crippen molar-refractivity contribution in [2.45, 2.75) is 13.5 Å². The molecule has 0 aliphatic rings. The average Bonchev–Trinajstić information content (AvgIpc) is 2.44. The highest BCUT2D eigenvalue weighted by Crippen LogP contribution is 2.12. The maximum atomic E-state index is 11.8. The number of benzene rings is 2. The normalized spacial score (nSPS) is 10.1. The molecule has 3 N–H and O–H groups in total. The van der Waals surface area contributed by atoms with Gasteiger partial charge >= 0.3 is 6.03 Å². The number of urea groups is 1. The first kappa shape index (κ1) is 14.1. The van der Waals surface area contributed by atoms with Gasteiger partial charge in [-0.15, -0.1) is 0 Å². The number of carbonyl (C=O) groups is 1. The second-order valence-corrected chi connectivity index (χ2v) is 4.67. The highest BCUT2D eigenvalue weighted by atomic mass is 16.2. The molecule has 0 saturated heterocycles. The molecule has 0 atom stereocenters. The molecule has 4 nitrogen and oxygen atoms in total. The largest absolute Gasteiger partial charge is 0.323 e. The smallest absolute Gasteiger partial charge is 0.316 e. The number of carbonyl (C=O) groups excluding carboxylic acids is 1. The molecule has 4 heteroatoms. The van der Waals surface area contributed by atoms with Crippen molar-refractivity contribution in [2.24, 2.45) is 0 Å². The third-order valence-electron chi connectivity index (χ3n) is 2.90. The summed E-state index contributed by atoms with van der Waals surface area (Å²) in [5.74, 6) is 0. The number of amides is 2. The predicted molar refractivity (Wildman–Crippen MR) is 83.0 cm³/mol. The second-order valence-electron chi connectivity index (χ2n) is 4.67. The number of hydrogen-bond donors (Lipinski definition) is 3. The van der Waals surface area contributed by atoms with E-state index >= 15 is 0 Å². The summed E-state index contributed by atoms with van der Waals surface area (Å²) in [6.45, 7) is 2.83. The van der Waals surface area contributed by atoms with Crippen molar-refractivity contribution >= 4 is 17.4 Å². The number of rotatable bonds is 4. The Morgan fingerprint density at radius 1 is 0.900 bits per heavy atom. The molecule has 0 radical (unpaired) electrons. The van der Waals surface area contributed by atoms with E-state index < -0.39 is 0 Å². The van der Waals surface area contributed by atoms with Gasteiger partial charge in [-0.2, -0.15) is 0 Å². The lowest BCUT2D eigenvalue weighted by atomic mass is 10.2. The van der Waals surface area contributed by atoms with Crippen molar-refractivity contribution in [2.75, 3.05) is 17.7 Å². The van der Waals surface area contributed by atoms with Crippen molar-refractivity contribution < 1.29 is 4.79 Å². The van der Waals surface area contributed by atoms with Gasteiger partial charge in [0.2, 0.25) is 0 Å². The van der Waals surface area contributed by atoms with Crippen LogP contribution in [0, 0.1) is 6.92 Å². The van der Waals surface area contributed by atoms with Crippen LogP contribution in [0.4, 0.5) is 16.2 Å². The molecule has 0 saturated carbocycles. The molecule has 2 rings (SSSR count). The number of hydrogen-bond acceptors (Lipinski definition) is 2. The summed E-state index contributed by atoms with van der Waals surface area (Å²) in [6, 6.07) is 15.2. The first-order valence-corrected chi connectivity index (χ1v) is 6.55. The van der Waals surface area contributed by atoms with Crippen LogP contribution in [0.25, 0.3) is 0 Å². The molecule has 20 heavy (non-hydrogen) atoms. The van der Waals surface area contributed by atoms with Gasteiger partial charge in [-0.05, 0) is 43.8 Å². The maximum Gasteiger partial charge on any atom is 0.323 e. The van der Waals surface area contributed by atoms with Crippen molar-refractivity contribution in [1.82, 2.24) is 5.32 Å². The SMILES string of the molecule is CNCc1ccc(NC(=O)Nc2ccc(C)cc2)cc1. The van der Waals surface area contributed by atoms with Crippen LogP contribution in [-0.4, -0.2) is 13.1 Å². The average molecular weight is 269 g/mol. The van der Waals surface area contributed by atoms with Crippen LogP contribution >= 0.6 is 0 Å². The Balaban J connectivity index is 1.92. The van der Waals surface area contributed by atoms with Crippen LogP contribution in [0.3, 0.4) is 0 Å². The highest BCUT2D eigenvalue weighted by Gasteiger charge is 2.02. The van der Waals surface area contributed by atoms with E-state index in [0.29, 0.717) is 0 Å². The molecule has 0 heterocycles. The molecule has 104 valence electrons. The lowest BCUT2D eigenvalue weighted by Crippen LogP contribution is -2.19. The van der Waals surface area contributed by atoms with Gasteiger partial charge in [-0.25, -0.2) is 4.79 Å². The van der Waals surface area contributed by atoms with E-state index in [1.165, 1.54) is 5.56 Å². The van der Waals surface area contributed by atoms with E-state index in [2.05, 4.69) is 16.0 Å². The van der Waals surface area contributed by atoms with Crippen molar-refractivity contribution in [3.05, 3.63) is 59.7 Å². The Kier molecular flexibility index (Phi) is 4.74. The topological polar surface area (TPSA) is 53.2 Å². The molecule has 0 spiro atoms. The number of nitrogens with one attached hydrogen (secondary N) is 3. The fourth-order valence-electron chi connectivity index (χ4n) is 1.84. The standard InChI is InChI=1S/C16H19N3O/c1-12-3-7-14(8-4-12)18-16(20)19-15-9-5-13(6-10-15)11-17-2/h3-10,17H,11H2,1-2H3,(H2,18,19,20). The molecule has 0 aromatic heterocycles. The minimum atomic E-state index is -0.241. The van der Waals surface area contributed by atoms with Gasteiger partial charge < -0.3 is 16.0 Å². The quantitative estimate of drug-likeness (QED) is 0.797. The van der Waals surface area contributed by atoms with Crippen LogP contribution in [0.5, 0.6) is 0 Å². The Labute approximate surface area is 119 Å². The zero-order valence-corrected chi connectivity index (χ0v) is 11.7. The van der Waals surface area contributed by atoms with Gasteiger partial charge in [-0.1, -0.05) is 29.8 Å². The molecule has 2 aromatic rings. The summed E-state index contributed by atoms with van der Waals surface area (Å²) in [5.41, 5.74) is 3.89. The Morgan fingerprint density at radius 3 is 1.90 bits per heavy atom. The number of aryl methyl sites for hydroxylation is 1. The molecular formula is C16H19N3O. The third-order valence-corrected chi connectivity index (χ3v) is 2.90. The molecule has 0 unspecified atom stereocenters. The monoisotopic (exact) mass is 269 g/mol. The van der Waals surface area contributed by atoms with Gasteiger partial charge in [0, 0.05) is 17.9 Å². The summed E-state index contributed by atoms with van der Waals surface area (Å²) in [7, 11) is 1.90. The van der Waals surface area contributed by atoms with Gasteiger partial charge in [-0.3, -0.25) is 0 Å². The molecule has 0 bridgehead atoms. The van der Waals surface area contributed by atoms with Crippen LogP contribution in [0.1, 0.15) is 11.1 Å². The van der Waals surface area contributed by atoms with Crippen molar-refractivity contribution in [3.8, 4) is 0 Å². The maximum absolute atomic E-state index is 11.8. The molecule has 2 aromatic carbocycles. The van der Waals surface area contributed by atoms with E-state index in [1.807, 2.05) is 62.5 Å². The van der Waals surface area contributed by atoms with Crippen LogP contribution in [0.15, 0.2) is 48.5 Å². The number of anilines is 2. The predicted octanol–water partition coefficient (Wildman–Crippen LogP) is 3.36.